The summed E-state index contributed by atoms with van der Waals surface area (Å²) in [6, 6.07) is 0. The maximum Gasteiger partial charge on any atom is 0.331 e. The molecule has 2 aliphatic rings. The van der Waals surface area contributed by atoms with Crippen LogP contribution in [0.15, 0.2) is 0 Å². The van der Waals surface area contributed by atoms with Gasteiger partial charge in [0.2, 0.25) is 0 Å². The van der Waals surface area contributed by atoms with Crippen molar-refractivity contribution < 1.29 is 13.6 Å². The normalized spacial score (nSPS) is 23.1. The number of hydrogen-bond acceptors (Lipinski definition) is 4. The van der Waals surface area contributed by atoms with Gasteiger partial charge in [-0.3, -0.25) is 4.57 Å². The minimum absolute atomic E-state index is 0.110. The lowest BCUT2D eigenvalue weighted by Crippen LogP contribution is -2.32. The summed E-state index contributed by atoms with van der Waals surface area (Å²) >= 11 is 4.80. The van der Waals surface area contributed by atoms with Crippen molar-refractivity contribution in [3.05, 3.63) is 0 Å². The third-order valence-electron chi connectivity index (χ3n) is 3.57. The molecule has 0 amide bonds. The molecule has 0 unspecified atom stereocenters. The lowest BCUT2D eigenvalue weighted by atomic mass is 9.99. The minimum Gasteiger partial charge on any atom is -0.312 e. The number of rotatable bonds is 6. The van der Waals surface area contributed by atoms with Gasteiger partial charge in [0.15, 0.2) is 0 Å². The van der Waals surface area contributed by atoms with E-state index in [2.05, 4.69) is 0 Å². The third kappa shape index (κ3) is 2.44. The van der Waals surface area contributed by atoms with E-state index in [0.717, 1.165) is 0 Å². The maximum atomic E-state index is 12.1. The van der Waals surface area contributed by atoms with Crippen molar-refractivity contribution in [2.24, 2.45) is 11.8 Å². The Balaban J connectivity index is 2.09. The number of hydrogen-bond donors (Lipinski definition) is 1. The fraction of sp³-hybridized carbons (Fsp3) is 1.00. The van der Waals surface area contributed by atoms with Crippen molar-refractivity contribution in [1.82, 2.24) is 0 Å². The summed E-state index contributed by atoms with van der Waals surface area (Å²) in [5, 5.41) is 0. The van der Waals surface area contributed by atoms with Gasteiger partial charge in [-0.05, 0) is 37.5 Å². The van der Waals surface area contributed by atoms with Crippen molar-refractivity contribution >= 4 is 20.2 Å². The van der Waals surface area contributed by atoms with Crippen LogP contribution in [0.2, 0.25) is 0 Å². The van der Waals surface area contributed by atoms with Gasteiger partial charge >= 0.3 is 7.60 Å². The van der Waals surface area contributed by atoms with E-state index in [1.54, 1.807) is 0 Å². The minimum atomic E-state index is -2.91. The topological polar surface area (TPSA) is 35.5 Å². The van der Waals surface area contributed by atoms with E-state index in [1.807, 2.05) is 0 Å². The second-order valence-corrected chi connectivity index (χ2v) is 7.77. The van der Waals surface area contributed by atoms with Gasteiger partial charge in [0, 0.05) is 19.0 Å². The van der Waals surface area contributed by atoms with E-state index in [9.17, 15) is 4.57 Å². The van der Waals surface area contributed by atoms with Gasteiger partial charge in [-0.25, -0.2) is 0 Å². The van der Waals surface area contributed by atoms with Crippen LogP contribution in [0.25, 0.3) is 0 Å². The Morgan fingerprint density at radius 1 is 1.20 bits per heavy atom. The molecule has 0 saturated heterocycles. The summed E-state index contributed by atoms with van der Waals surface area (Å²) in [5.74, 6) is 1.24. The Labute approximate surface area is 96.9 Å². The zero-order valence-corrected chi connectivity index (χ0v) is 11.1. The average molecular weight is 250 g/mol. The molecule has 5 heteroatoms. The highest BCUT2D eigenvalue weighted by molar-refractivity contribution is 7.82. The van der Waals surface area contributed by atoms with Crippen molar-refractivity contribution in [3.8, 4) is 0 Å². The molecule has 15 heavy (non-hydrogen) atoms. The van der Waals surface area contributed by atoms with E-state index in [0.29, 0.717) is 18.0 Å². The summed E-state index contributed by atoms with van der Waals surface area (Å²) < 4.78 is 22.1. The molecule has 0 N–H and O–H groups in total. The highest BCUT2D eigenvalue weighted by Crippen LogP contribution is 2.62. The molecule has 2 fully saturated rings. The van der Waals surface area contributed by atoms with E-state index in [4.69, 9.17) is 21.7 Å². The molecule has 0 bridgehead atoms. The van der Waals surface area contributed by atoms with Crippen LogP contribution in [0.3, 0.4) is 0 Å². The molecule has 0 radical (unpaired) electrons. The summed E-state index contributed by atoms with van der Waals surface area (Å²) in [6.45, 7) is 0. The third-order valence-corrected chi connectivity index (χ3v) is 6.73. The predicted molar refractivity (Wildman–Crippen MR) is 63.7 cm³/mol. The van der Waals surface area contributed by atoms with Gasteiger partial charge in [-0.15, -0.1) is 0 Å². The second-order valence-electron chi connectivity index (χ2n) is 4.67. The molecule has 0 atom stereocenters. The summed E-state index contributed by atoms with van der Waals surface area (Å²) in [5.41, 5.74) is 0. The molecule has 2 rings (SSSR count). The van der Waals surface area contributed by atoms with Crippen LogP contribution in [-0.2, 0) is 13.6 Å². The monoisotopic (exact) mass is 250 g/mol. The zero-order valence-electron chi connectivity index (χ0n) is 9.31. The van der Waals surface area contributed by atoms with Crippen LogP contribution < -0.4 is 0 Å². The van der Waals surface area contributed by atoms with Crippen LogP contribution in [0.4, 0.5) is 0 Å². The van der Waals surface area contributed by atoms with Crippen LogP contribution in [0.5, 0.6) is 0 Å². The fourth-order valence-corrected chi connectivity index (χ4v) is 4.85. The highest BCUT2D eigenvalue weighted by Gasteiger charge is 2.55. The molecule has 88 valence electrons. The first-order chi connectivity index (χ1) is 7.04. The lowest BCUT2D eigenvalue weighted by Gasteiger charge is -2.31. The molecular weight excluding hydrogens is 231 g/mol. The SMILES string of the molecule is COP(=O)(CC(S)(C1CC1)C1CC1)OC. The first kappa shape index (κ1) is 12.0. The first-order valence-electron chi connectivity index (χ1n) is 5.47. The van der Waals surface area contributed by atoms with Gasteiger partial charge in [0.1, 0.15) is 0 Å². The van der Waals surface area contributed by atoms with Gasteiger partial charge in [-0.2, -0.15) is 12.6 Å². The second kappa shape index (κ2) is 4.06. The summed E-state index contributed by atoms with van der Waals surface area (Å²) in [6.07, 6.45) is 5.33. The molecule has 2 saturated carbocycles. The zero-order chi connectivity index (χ0) is 11.1. The molecule has 0 aromatic heterocycles. The predicted octanol–water partition coefficient (Wildman–Crippen LogP) is 2.96. The van der Waals surface area contributed by atoms with E-state index in [-0.39, 0.29) is 4.75 Å². The van der Waals surface area contributed by atoms with Crippen molar-refractivity contribution in [1.29, 1.82) is 0 Å². The summed E-state index contributed by atoms with van der Waals surface area (Å²) in [4.78, 5) is 0. The van der Waals surface area contributed by atoms with Crippen LogP contribution >= 0.6 is 20.2 Å². The summed E-state index contributed by atoms with van der Waals surface area (Å²) in [7, 11) is 0.00641. The van der Waals surface area contributed by atoms with Gasteiger partial charge < -0.3 is 9.05 Å². The van der Waals surface area contributed by atoms with Gasteiger partial charge in [-0.1, -0.05) is 0 Å². The Bertz CT molecular complexity index is 266. The molecule has 0 aromatic rings. The Hall–Kier alpha value is 0.500. The quantitative estimate of drug-likeness (QED) is 0.581. The van der Waals surface area contributed by atoms with Crippen LogP contribution in [0.1, 0.15) is 25.7 Å². The molecule has 2 aliphatic carbocycles. The van der Waals surface area contributed by atoms with E-state index < -0.39 is 7.60 Å². The molecule has 0 aromatic carbocycles. The molecule has 0 heterocycles. The maximum absolute atomic E-state index is 12.1. The highest BCUT2D eigenvalue weighted by atomic mass is 32.1. The standard InChI is InChI=1S/C10H19O3PS/c1-12-14(11,13-2)7-10(15,8-3-4-8)9-5-6-9/h8-9,15H,3-7H2,1-2H3. The first-order valence-corrected chi connectivity index (χ1v) is 7.64. The van der Waals surface area contributed by atoms with Crippen molar-refractivity contribution in [2.45, 2.75) is 30.4 Å². The average Bonchev–Trinajstić information content (AvgIpc) is 3.09. The van der Waals surface area contributed by atoms with Gasteiger partial charge in [0.25, 0.3) is 0 Å². The molecular formula is C10H19O3PS. The van der Waals surface area contributed by atoms with Crippen molar-refractivity contribution in [3.63, 3.8) is 0 Å². The molecule has 3 nitrogen and oxygen atoms in total. The Morgan fingerprint density at radius 3 is 1.87 bits per heavy atom. The Kier molecular flexibility index (Phi) is 3.24. The van der Waals surface area contributed by atoms with E-state index >= 15 is 0 Å². The van der Waals surface area contributed by atoms with E-state index in [1.165, 1.54) is 39.9 Å². The fourth-order valence-electron chi connectivity index (χ4n) is 2.27. The smallest absolute Gasteiger partial charge is 0.312 e. The number of thiol groups is 1. The van der Waals surface area contributed by atoms with Crippen molar-refractivity contribution in [2.75, 3.05) is 20.4 Å². The lowest BCUT2D eigenvalue weighted by molar-refractivity contribution is 0.268. The van der Waals surface area contributed by atoms with Crippen LogP contribution in [-0.4, -0.2) is 25.1 Å². The molecule has 0 aliphatic heterocycles. The Morgan fingerprint density at radius 2 is 1.60 bits per heavy atom. The van der Waals surface area contributed by atoms with Crippen LogP contribution in [0, 0.1) is 11.8 Å². The van der Waals surface area contributed by atoms with Gasteiger partial charge in [0.05, 0.1) is 6.16 Å². The largest absolute Gasteiger partial charge is 0.331 e. The molecule has 0 spiro atoms.